The predicted octanol–water partition coefficient (Wildman–Crippen LogP) is 4.27. The van der Waals surface area contributed by atoms with Gasteiger partial charge in [-0.1, -0.05) is 12.1 Å². The number of nitrogens with zero attached hydrogens (tertiary/aromatic N) is 6. The number of aromatic nitrogens is 5. The maximum atomic E-state index is 13.7. The van der Waals surface area contributed by atoms with E-state index in [0.29, 0.717) is 39.4 Å². The van der Waals surface area contributed by atoms with E-state index in [-0.39, 0.29) is 36.5 Å². The van der Waals surface area contributed by atoms with Gasteiger partial charge in [0, 0.05) is 36.3 Å². The Morgan fingerprint density at radius 3 is 2.54 bits per heavy atom. The van der Waals surface area contributed by atoms with E-state index in [4.69, 9.17) is 0 Å². The highest BCUT2D eigenvalue weighted by atomic mass is 79.9. The van der Waals surface area contributed by atoms with E-state index in [0.717, 1.165) is 28.8 Å². The Kier molecular flexibility index (Phi) is 6.37. The van der Waals surface area contributed by atoms with Gasteiger partial charge in [0.15, 0.2) is 11.6 Å². The Morgan fingerprint density at radius 2 is 1.79 bits per heavy atom. The van der Waals surface area contributed by atoms with E-state index >= 15 is 0 Å². The second-order valence-electron chi connectivity index (χ2n) is 10.5. The lowest BCUT2D eigenvalue weighted by molar-refractivity contribution is -0.139. The lowest BCUT2D eigenvalue weighted by atomic mass is 10.0. The Balaban J connectivity index is 1.27. The summed E-state index contributed by atoms with van der Waals surface area (Å²) in [6, 6.07) is 9.07. The SMILES string of the molecule is CC(=O)c1nn(CC(=O)N2[C@H](C(=O)Cc3nc(Br)ccc3C)C[C@@H]3C[C@@H]32)c2ccc(-c3cnc(C)nc3)cc12. The number of pyridine rings is 1. The molecule has 2 fully saturated rings. The Bertz CT molecular complexity index is 1650. The lowest BCUT2D eigenvalue weighted by Gasteiger charge is -2.27. The molecule has 9 nitrogen and oxygen atoms in total. The summed E-state index contributed by atoms with van der Waals surface area (Å²) in [4.78, 5) is 54.3. The van der Waals surface area contributed by atoms with E-state index < -0.39 is 6.04 Å². The molecule has 0 radical (unpaired) electrons. The number of likely N-dealkylation sites (tertiary alicyclic amines) is 1. The fourth-order valence-corrected chi connectivity index (χ4v) is 5.95. The third-order valence-corrected chi connectivity index (χ3v) is 8.20. The molecule has 198 valence electrons. The number of Topliss-reactive ketones (excluding diaryl/α,β-unsaturated/α-hetero) is 2. The number of fused-ring (bicyclic) bond motifs is 2. The van der Waals surface area contributed by atoms with E-state index in [2.05, 4.69) is 36.0 Å². The molecule has 39 heavy (non-hydrogen) atoms. The van der Waals surface area contributed by atoms with E-state index in [1.807, 2.05) is 44.2 Å². The minimum absolute atomic E-state index is 0.00366. The summed E-state index contributed by atoms with van der Waals surface area (Å²) in [6.07, 6.45) is 5.27. The minimum atomic E-state index is -0.469. The first-order chi connectivity index (χ1) is 18.7. The third kappa shape index (κ3) is 4.78. The number of benzene rings is 1. The Labute approximate surface area is 233 Å². The predicted molar refractivity (Wildman–Crippen MR) is 148 cm³/mol. The molecule has 0 N–H and O–H groups in total. The standard InChI is InChI=1S/C29H27BrN6O3/c1-15-4-7-27(30)33-22(15)11-26(38)25-10-19-9-24(19)36(25)28(39)14-35-23-6-5-18(20-12-31-17(3)32-13-20)8-21(23)29(34-35)16(2)37/h4-8,12-13,19,24-25H,9-11,14H2,1-3H3/t19-,24-,25-/m0/s1. The van der Waals surface area contributed by atoms with E-state index in [1.165, 1.54) is 6.92 Å². The topological polar surface area (TPSA) is 111 Å². The monoisotopic (exact) mass is 586 g/mol. The third-order valence-electron chi connectivity index (χ3n) is 7.76. The molecule has 0 spiro atoms. The first kappa shape index (κ1) is 25.5. The number of halogens is 1. The molecule has 1 saturated heterocycles. The molecule has 1 aromatic carbocycles. The molecule has 1 aliphatic heterocycles. The fraction of sp³-hybridized carbons (Fsp3) is 0.345. The summed E-state index contributed by atoms with van der Waals surface area (Å²) in [7, 11) is 0. The summed E-state index contributed by atoms with van der Waals surface area (Å²) in [5.74, 6) is 0.699. The van der Waals surface area contributed by atoms with Gasteiger partial charge in [-0.3, -0.25) is 19.1 Å². The van der Waals surface area contributed by atoms with Gasteiger partial charge in [0.1, 0.15) is 22.7 Å². The van der Waals surface area contributed by atoms with Crippen LogP contribution in [0.1, 0.15) is 47.3 Å². The van der Waals surface area contributed by atoms with Crippen LogP contribution in [0.5, 0.6) is 0 Å². The number of amides is 1. The summed E-state index contributed by atoms with van der Waals surface area (Å²) < 4.78 is 2.27. The van der Waals surface area contributed by atoms with E-state index in [9.17, 15) is 14.4 Å². The number of ketones is 2. The molecule has 0 bridgehead atoms. The van der Waals surface area contributed by atoms with Crippen molar-refractivity contribution in [1.29, 1.82) is 0 Å². The van der Waals surface area contributed by atoms with Crippen molar-refractivity contribution in [2.75, 3.05) is 0 Å². The van der Waals surface area contributed by atoms with Crippen molar-refractivity contribution in [1.82, 2.24) is 29.6 Å². The minimum Gasteiger partial charge on any atom is -0.328 e. The maximum absolute atomic E-state index is 13.7. The van der Waals surface area contributed by atoms with Crippen molar-refractivity contribution in [3.8, 4) is 11.1 Å². The van der Waals surface area contributed by atoms with Crippen LogP contribution in [0.3, 0.4) is 0 Å². The molecule has 6 rings (SSSR count). The number of carbonyl (C=O) groups excluding carboxylic acids is 3. The molecular formula is C29H27BrN6O3. The van der Waals surface area contributed by atoms with Gasteiger partial charge in [-0.25, -0.2) is 15.0 Å². The smallest absolute Gasteiger partial charge is 0.245 e. The molecule has 10 heteroatoms. The molecule has 3 aromatic heterocycles. The summed E-state index contributed by atoms with van der Waals surface area (Å²) in [6.45, 7) is 5.18. The zero-order chi connectivity index (χ0) is 27.4. The molecule has 0 unspecified atom stereocenters. The number of rotatable bonds is 7. The van der Waals surface area contributed by atoms with Crippen LogP contribution in [0.15, 0.2) is 47.3 Å². The van der Waals surface area contributed by atoms with Gasteiger partial charge in [-0.2, -0.15) is 5.10 Å². The van der Waals surface area contributed by atoms with Gasteiger partial charge >= 0.3 is 0 Å². The van der Waals surface area contributed by atoms with E-state index in [1.54, 1.807) is 22.0 Å². The fourth-order valence-electron chi connectivity index (χ4n) is 5.60. The number of hydrogen-bond donors (Lipinski definition) is 0. The van der Waals surface area contributed by atoms with Crippen molar-refractivity contribution >= 4 is 44.3 Å². The lowest BCUT2D eigenvalue weighted by Crippen LogP contribution is -2.45. The van der Waals surface area contributed by atoms with Crippen LogP contribution in [0, 0.1) is 19.8 Å². The van der Waals surface area contributed by atoms with Crippen LogP contribution in [0.2, 0.25) is 0 Å². The molecule has 1 aliphatic carbocycles. The molecule has 1 saturated carbocycles. The largest absolute Gasteiger partial charge is 0.328 e. The number of piperidine rings is 1. The molecule has 3 atom stereocenters. The van der Waals surface area contributed by atoms with Crippen LogP contribution in [-0.4, -0.2) is 59.2 Å². The van der Waals surface area contributed by atoms with Crippen molar-refractivity contribution in [3.05, 3.63) is 70.1 Å². The second kappa shape index (κ2) is 9.75. The van der Waals surface area contributed by atoms with Crippen LogP contribution in [0.4, 0.5) is 0 Å². The Hall–Kier alpha value is -3.79. The zero-order valence-corrected chi connectivity index (χ0v) is 23.5. The normalized spacial score (nSPS) is 19.8. The van der Waals surface area contributed by atoms with Crippen molar-refractivity contribution < 1.29 is 14.4 Å². The number of carbonyl (C=O) groups is 3. The summed E-state index contributed by atoms with van der Waals surface area (Å²) >= 11 is 3.38. The number of hydrogen-bond acceptors (Lipinski definition) is 7. The average molecular weight is 587 g/mol. The molecule has 4 heterocycles. The second-order valence-corrected chi connectivity index (χ2v) is 11.3. The summed E-state index contributed by atoms with van der Waals surface area (Å²) in [5.41, 5.74) is 4.36. The molecule has 4 aromatic rings. The average Bonchev–Trinajstić information content (AvgIpc) is 3.41. The zero-order valence-electron chi connectivity index (χ0n) is 21.9. The van der Waals surface area contributed by atoms with Gasteiger partial charge in [0.2, 0.25) is 5.91 Å². The highest BCUT2D eigenvalue weighted by Gasteiger charge is 2.55. The van der Waals surface area contributed by atoms with Crippen molar-refractivity contribution in [3.63, 3.8) is 0 Å². The van der Waals surface area contributed by atoms with Gasteiger partial charge in [-0.15, -0.1) is 0 Å². The van der Waals surface area contributed by atoms with Gasteiger partial charge in [-0.05, 0) is 77.9 Å². The van der Waals surface area contributed by atoms with Gasteiger partial charge in [0.25, 0.3) is 0 Å². The highest BCUT2D eigenvalue weighted by molar-refractivity contribution is 9.10. The van der Waals surface area contributed by atoms with Gasteiger partial charge < -0.3 is 4.90 Å². The van der Waals surface area contributed by atoms with Crippen molar-refractivity contribution in [2.45, 2.75) is 58.7 Å². The van der Waals surface area contributed by atoms with Crippen LogP contribution >= 0.6 is 15.9 Å². The highest BCUT2D eigenvalue weighted by Crippen LogP contribution is 2.48. The first-order valence-corrected chi connectivity index (χ1v) is 13.8. The number of aryl methyl sites for hydroxylation is 2. The maximum Gasteiger partial charge on any atom is 0.245 e. The van der Waals surface area contributed by atoms with Crippen LogP contribution in [-0.2, 0) is 22.6 Å². The molecular weight excluding hydrogens is 560 g/mol. The van der Waals surface area contributed by atoms with Crippen LogP contribution < -0.4 is 0 Å². The van der Waals surface area contributed by atoms with Gasteiger partial charge in [0.05, 0.1) is 23.7 Å². The van der Waals surface area contributed by atoms with Crippen LogP contribution in [0.25, 0.3) is 22.0 Å². The molecule has 1 amide bonds. The quantitative estimate of drug-likeness (QED) is 0.235. The summed E-state index contributed by atoms with van der Waals surface area (Å²) in [5, 5.41) is 5.20. The van der Waals surface area contributed by atoms with Crippen molar-refractivity contribution in [2.24, 2.45) is 5.92 Å². The Morgan fingerprint density at radius 1 is 1.03 bits per heavy atom. The first-order valence-electron chi connectivity index (χ1n) is 13.0. The molecule has 2 aliphatic rings.